The number of hydrogen-bond donors (Lipinski definition) is 0. The Labute approximate surface area is 158 Å². The molecule has 6 nitrogen and oxygen atoms in total. The first-order valence-electron chi connectivity index (χ1n) is 8.03. The second kappa shape index (κ2) is 7.83. The van der Waals surface area contributed by atoms with Crippen molar-refractivity contribution < 1.29 is 31.5 Å². The molecule has 0 amide bonds. The first-order chi connectivity index (χ1) is 12.8. The van der Waals surface area contributed by atoms with Crippen LogP contribution in [0.15, 0.2) is 34.5 Å². The normalized spacial score (nSPS) is 15.0. The van der Waals surface area contributed by atoms with E-state index < -0.39 is 40.0 Å². The van der Waals surface area contributed by atoms with Crippen molar-refractivity contribution in [1.82, 2.24) is 4.31 Å². The Hall–Kier alpha value is -2.17. The maximum absolute atomic E-state index is 13.2. The van der Waals surface area contributed by atoms with Crippen LogP contribution >= 0.6 is 11.3 Å². The Morgan fingerprint density at radius 3 is 2.48 bits per heavy atom. The molecule has 1 aromatic carbocycles. The molecule has 144 valence electrons. The summed E-state index contributed by atoms with van der Waals surface area (Å²) in [7, 11) is -3.81. The molecule has 1 aliphatic heterocycles. The van der Waals surface area contributed by atoms with Gasteiger partial charge in [-0.15, -0.1) is 11.3 Å². The van der Waals surface area contributed by atoms with Gasteiger partial charge < -0.3 is 4.74 Å². The Balaban J connectivity index is 1.71. The summed E-state index contributed by atoms with van der Waals surface area (Å²) in [6.45, 7) is 0.0631. The molecule has 0 unspecified atom stereocenters. The van der Waals surface area contributed by atoms with Crippen molar-refractivity contribution in [3.05, 3.63) is 51.7 Å². The number of hydrogen-bond acceptors (Lipinski definition) is 6. The molecule has 1 aromatic heterocycles. The smallest absolute Gasteiger partial charge is 0.350 e. The van der Waals surface area contributed by atoms with Crippen LogP contribution in [0.1, 0.15) is 32.9 Å². The zero-order chi connectivity index (χ0) is 19.6. The molecule has 0 atom stereocenters. The van der Waals surface area contributed by atoms with Gasteiger partial charge in [0.2, 0.25) is 10.0 Å². The topological polar surface area (TPSA) is 80.8 Å². The molecule has 0 radical (unpaired) electrons. The molecule has 0 saturated carbocycles. The number of esters is 1. The lowest BCUT2D eigenvalue weighted by atomic mass is 10.1. The van der Waals surface area contributed by atoms with Gasteiger partial charge in [-0.05, 0) is 42.5 Å². The lowest BCUT2D eigenvalue weighted by molar-refractivity contribution is 0.0476. The lowest BCUT2D eigenvalue weighted by Gasteiger charge is -2.15. The van der Waals surface area contributed by atoms with Crippen LogP contribution in [0.5, 0.6) is 0 Å². The van der Waals surface area contributed by atoms with E-state index in [-0.39, 0.29) is 15.3 Å². The van der Waals surface area contributed by atoms with Gasteiger partial charge in [0.05, 0.1) is 0 Å². The van der Waals surface area contributed by atoms with E-state index in [1.54, 1.807) is 0 Å². The van der Waals surface area contributed by atoms with Gasteiger partial charge in [-0.25, -0.2) is 22.0 Å². The number of carbonyl (C=O) groups is 2. The highest BCUT2D eigenvalue weighted by Gasteiger charge is 2.32. The van der Waals surface area contributed by atoms with Gasteiger partial charge in [-0.3, -0.25) is 4.79 Å². The molecule has 1 saturated heterocycles. The average Bonchev–Trinajstić information content (AvgIpc) is 3.33. The molecule has 27 heavy (non-hydrogen) atoms. The number of rotatable bonds is 6. The maximum atomic E-state index is 13.2. The number of halogens is 2. The summed E-state index contributed by atoms with van der Waals surface area (Å²) in [6.07, 6.45) is 1.51. The Morgan fingerprint density at radius 1 is 1.11 bits per heavy atom. The van der Waals surface area contributed by atoms with E-state index in [4.69, 9.17) is 4.74 Å². The van der Waals surface area contributed by atoms with Crippen LogP contribution in [0.25, 0.3) is 0 Å². The van der Waals surface area contributed by atoms with E-state index in [1.807, 2.05) is 0 Å². The number of nitrogens with zero attached hydrogens (tertiary/aromatic N) is 1. The van der Waals surface area contributed by atoms with Crippen molar-refractivity contribution in [1.29, 1.82) is 0 Å². The van der Waals surface area contributed by atoms with Gasteiger partial charge in [0.1, 0.15) is 9.77 Å². The predicted octanol–water partition coefficient (Wildman–Crippen LogP) is 2.85. The minimum absolute atomic E-state index is 0.125. The van der Waals surface area contributed by atoms with Crippen LogP contribution in [0.4, 0.5) is 8.78 Å². The third-order valence-corrected chi connectivity index (χ3v) is 7.04. The molecular weight excluding hydrogens is 400 g/mol. The molecule has 2 heterocycles. The standard InChI is InChI=1S/C17H15F2NO5S2/c18-12-4-3-11(9-13(12)19)14(21)10-25-17(22)16-15(5-8-26-16)27(23,24)20-6-1-2-7-20/h3-5,8-9H,1-2,6-7,10H2. The highest BCUT2D eigenvalue weighted by molar-refractivity contribution is 7.89. The van der Waals surface area contributed by atoms with Crippen molar-refractivity contribution in [2.75, 3.05) is 19.7 Å². The van der Waals surface area contributed by atoms with Crippen molar-refractivity contribution in [3.8, 4) is 0 Å². The van der Waals surface area contributed by atoms with E-state index in [9.17, 15) is 26.8 Å². The monoisotopic (exact) mass is 415 g/mol. The second-order valence-electron chi connectivity index (χ2n) is 5.85. The van der Waals surface area contributed by atoms with Crippen molar-refractivity contribution in [2.24, 2.45) is 0 Å². The summed E-state index contributed by atoms with van der Waals surface area (Å²) < 4.78 is 57.6. The number of ketones is 1. The zero-order valence-electron chi connectivity index (χ0n) is 14.0. The fourth-order valence-corrected chi connectivity index (χ4v) is 5.47. The van der Waals surface area contributed by atoms with Crippen molar-refractivity contribution >= 4 is 33.1 Å². The minimum atomic E-state index is -3.81. The number of benzene rings is 1. The SMILES string of the molecule is O=C(COC(=O)c1sccc1S(=O)(=O)N1CCCC1)c1ccc(F)c(F)c1. The molecule has 0 N–H and O–H groups in total. The molecule has 1 aliphatic rings. The number of ether oxygens (including phenoxy) is 1. The van der Waals surface area contributed by atoms with Gasteiger partial charge in [-0.2, -0.15) is 4.31 Å². The molecule has 10 heteroatoms. The van der Waals surface area contributed by atoms with Crippen LogP contribution in [0.2, 0.25) is 0 Å². The third kappa shape index (κ3) is 4.07. The van der Waals surface area contributed by atoms with Crippen molar-refractivity contribution in [3.63, 3.8) is 0 Å². The summed E-state index contributed by atoms with van der Waals surface area (Å²) in [5.74, 6) is -3.98. The van der Waals surface area contributed by atoms with E-state index in [0.717, 1.165) is 36.3 Å². The summed E-state index contributed by atoms with van der Waals surface area (Å²) in [5, 5.41) is 1.46. The van der Waals surface area contributed by atoms with Gasteiger partial charge in [0.15, 0.2) is 24.0 Å². The Morgan fingerprint density at radius 2 is 1.81 bits per heavy atom. The van der Waals surface area contributed by atoms with Crippen LogP contribution in [-0.4, -0.2) is 44.2 Å². The third-order valence-electron chi connectivity index (χ3n) is 4.07. The first kappa shape index (κ1) is 19.6. The summed E-state index contributed by atoms with van der Waals surface area (Å²) >= 11 is 0.894. The minimum Gasteiger partial charge on any atom is -0.453 e. The largest absolute Gasteiger partial charge is 0.453 e. The van der Waals surface area contributed by atoms with E-state index >= 15 is 0 Å². The van der Waals surface area contributed by atoms with Crippen molar-refractivity contribution in [2.45, 2.75) is 17.7 Å². The summed E-state index contributed by atoms with van der Waals surface area (Å²) in [5.41, 5.74) is -0.155. The van der Waals surface area contributed by atoms with Crippen LogP contribution in [0.3, 0.4) is 0 Å². The van der Waals surface area contributed by atoms with Crippen LogP contribution in [-0.2, 0) is 14.8 Å². The maximum Gasteiger partial charge on any atom is 0.350 e. The number of sulfonamides is 1. The lowest BCUT2D eigenvalue weighted by Crippen LogP contribution is -2.29. The van der Waals surface area contributed by atoms with Crippen LogP contribution < -0.4 is 0 Å². The molecule has 2 aromatic rings. The quantitative estimate of drug-likeness (QED) is 0.535. The molecule has 3 rings (SSSR count). The predicted molar refractivity (Wildman–Crippen MR) is 93.3 cm³/mol. The highest BCUT2D eigenvalue weighted by atomic mass is 32.2. The van der Waals surface area contributed by atoms with Crippen LogP contribution in [0, 0.1) is 11.6 Å². The molecular formula is C17H15F2NO5S2. The van der Waals surface area contributed by atoms with Gasteiger partial charge in [0, 0.05) is 18.7 Å². The molecule has 1 fully saturated rings. The zero-order valence-corrected chi connectivity index (χ0v) is 15.6. The fraction of sp³-hybridized carbons (Fsp3) is 0.294. The van der Waals surface area contributed by atoms with E-state index in [1.165, 1.54) is 15.8 Å². The first-order valence-corrected chi connectivity index (χ1v) is 10.4. The molecule has 0 bridgehead atoms. The van der Waals surface area contributed by atoms with Gasteiger partial charge in [0.25, 0.3) is 0 Å². The number of thiophene rings is 1. The highest BCUT2D eigenvalue weighted by Crippen LogP contribution is 2.28. The second-order valence-corrected chi connectivity index (χ2v) is 8.68. The number of Topliss-reactive ketones (excluding diaryl/α,β-unsaturated/α-hetero) is 1. The van der Waals surface area contributed by atoms with E-state index in [2.05, 4.69) is 0 Å². The number of carbonyl (C=O) groups excluding carboxylic acids is 2. The Kier molecular flexibility index (Phi) is 5.68. The summed E-state index contributed by atoms with van der Waals surface area (Å²) in [4.78, 5) is 24.0. The fourth-order valence-electron chi connectivity index (χ4n) is 2.67. The van der Waals surface area contributed by atoms with Gasteiger partial charge >= 0.3 is 5.97 Å². The van der Waals surface area contributed by atoms with Gasteiger partial charge in [-0.1, -0.05) is 0 Å². The summed E-state index contributed by atoms with van der Waals surface area (Å²) in [6, 6.07) is 3.90. The average molecular weight is 415 g/mol. The molecule has 0 aliphatic carbocycles. The molecule has 0 spiro atoms. The Bertz CT molecular complexity index is 981. The van der Waals surface area contributed by atoms with E-state index in [0.29, 0.717) is 19.2 Å².